The third-order valence-electron chi connectivity index (χ3n) is 7.63. The molecular weight excluding hydrogens is 560 g/mol. The zero-order chi connectivity index (χ0) is 32.1. The van der Waals surface area contributed by atoms with Crippen molar-refractivity contribution in [3.05, 3.63) is 30.1 Å². The van der Waals surface area contributed by atoms with E-state index in [1.807, 2.05) is 23.9 Å². The Labute approximate surface area is 266 Å². The molecule has 1 aromatic heterocycles. The predicted octanol–water partition coefficient (Wildman–Crippen LogP) is 6.45. The second kappa shape index (κ2) is 27.7. The van der Waals surface area contributed by atoms with E-state index in [-0.39, 0.29) is 32.2 Å². The van der Waals surface area contributed by atoms with Crippen molar-refractivity contribution in [2.75, 3.05) is 40.0 Å². The number of aryl methyl sites for hydroxylation is 1. The Bertz CT molecular complexity index is 868. The fraction of sp³-hybridized carbons (Fsp3) is 0.765. The van der Waals surface area contributed by atoms with E-state index < -0.39 is 18.3 Å². The first-order valence-corrected chi connectivity index (χ1v) is 17.1. The minimum atomic E-state index is -0.641. The zero-order valence-electron chi connectivity index (χ0n) is 27.8. The number of ether oxygens (including phenoxy) is 3. The van der Waals surface area contributed by atoms with E-state index >= 15 is 0 Å². The third-order valence-corrected chi connectivity index (χ3v) is 7.63. The maximum absolute atomic E-state index is 12.2. The maximum atomic E-state index is 12.2. The molecule has 252 valence electrons. The van der Waals surface area contributed by atoms with Crippen molar-refractivity contribution in [2.24, 2.45) is 0 Å². The topological polar surface area (TPSA) is 119 Å². The molecule has 0 aromatic carbocycles. The molecule has 44 heavy (non-hydrogen) atoms. The van der Waals surface area contributed by atoms with E-state index in [4.69, 9.17) is 14.2 Å². The van der Waals surface area contributed by atoms with Gasteiger partial charge >= 0.3 is 12.2 Å². The van der Waals surface area contributed by atoms with Crippen LogP contribution in [0.1, 0.15) is 127 Å². The summed E-state index contributed by atoms with van der Waals surface area (Å²) in [4.78, 5) is 36.1. The molecule has 0 fully saturated rings. The van der Waals surface area contributed by atoms with Gasteiger partial charge in [0.2, 0.25) is 0 Å². The van der Waals surface area contributed by atoms with Gasteiger partial charge in [0.05, 0.1) is 5.56 Å². The summed E-state index contributed by atoms with van der Waals surface area (Å²) in [5.74, 6) is -0.215. The highest BCUT2D eigenvalue weighted by Gasteiger charge is 2.14. The summed E-state index contributed by atoms with van der Waals surface area (Å²) in [5, 5.41) is 8.08. The first-order chi connectivity index (χ1) is 21.5. The molecule has 1 unspecified atom stereocenters. The van der Waals surface area contributed by atoms with E-state index in [2.05, 4.69) is 22.9 Å². The van der Waals surface area contributed by atoms with E-state index in [9.17, 15) is 14.4 Å². The number of aromatic nitrogens is 1. The van der Waals surface area contributed by atoms with Crippen molar-refractivity contribution < 1.29 is 33.2 Å². The molecule has 0 bridgehead atoms. The number of carbonyl (C=O) groups is 3. The van der Waals surface area contributed by atoms with Crippen LogP contribution in [0.5, 0.6) is 0 Å². The summed E-state index contributed by atoms with van der Waals surface area (Å²) in [6, 6.07) is 3.49. The summed E-state index contributed by atoms with van der Waals surface area (Å²) in [6.45, 7) is 6.07. The number of carbonyl (C=O) groups excluding carboxylic acids is 3. The summed E-state index contributed by atoms with van der Waals surface area (Å²) in [5.41, 5.74) is 0.550. The van der Waals surface area contributed by atoms with Crippen LogP contribution in [0, 0.1) is 0 Å². The second-order valence-corrected chi connectivity index (χ2v) is 11.4. The number of pyridine rings is 1. The number of nitrogens with one attached hydrogen (secondary N) is 3. The van der Waals surface area contributed by atoms with Gasteiger partial charge in [-0.1, -0.05) is 103 Å². The van der Waals surface area contributed by atoms with Gasteiger partial charge in [0.1, 0.15) is 25.9 Å². The van der Waals surface area contributed by atoms with Crippen LogP contribution in [0.15, 0.2) is 24.5 Å². The zero-order valence-corrected chi connectivity index (χ0v) is 27.8. The van der Waals surface area contributed by atoms with E-state index in [1.165, 1.54) is 97.0 Å². The lowest BCUT2D eigenvalue weighted by Gasteiger charge is -2.16. The van der Waals surface area contributed by atoms with Crippen LogP contribution in [0.2, 0.25) is 0 Å². The lowest BCUT2D eigenvalue weighted by atomic mass is 10.0. The van der Waals surface area contributed by atoms with Crippen LogP contribution >= 0.6 is 0 Å². The van der Waals surface area contributed by atoms with Crippen LogP contribution in [-0.2, 0) is 20.8 Å². The molecule has 0 spiro atoms. The lowest BCUT2D eigenvalue weighted by Crippen LogP contribution is -2.37. The Hall–Kier alpha value is -2.88. The van der Waals surface area contributed by atoms with Crippen molar-refractivity contribution >= 4 is 18.1 Å². The van der Waals surface area contributed by atoms with E-state index in [1.54, 1.807) is 12.1 Å². The molecule has 1 rings (SSSR count). The van der Waals surface area contributed by atoms with Gasteiger partial charge in [0.25, 0.3) is 5.91 Å². The Balaban J connectivity index is 1.94. The molecule has 3 N–H and O–H groups in total. The van der Waals surface area contributed by atoms with Crippen LogP contribution in [-0.4, -0.2) is 64.2 Å². The molecule has 1 aromatic rings. The van der Waals surface area contributed by atoms with Crippen LogP contribution < -0.4 is 20.5 Å². The number of unbranched alkanes of at least 4 members (excludes halogenated alkanes) is 15. The van der Waals surface area contributed by atoms with Crippen molar-refractivity contribution in [3.63, 3.8) is 0 Å². The van der Waals surface area contributed by atoms with Gasteiger partial charge in [0, 0.05) is 38.9 Å². The van der Waals surface area contributed by atoms with Crippen LogP contribution in [0.25, 0.3) is 0 Å². The van der Waals surface area contributed by atoms with Crippen LogP contribution in [0.3, 0.4) is 0 Å². The van der Waals surface area contributed by atoms with Gasteiger partial charge in [-0.05, 0) is 13.3 Å². The van der Waals surface area contributed by atoms with Gasteiger partial charge in [-0.3, -0.25) is 4.79 Å². The van der Waals surface area contributed by atoms with Crippen molar-refractivity contribution in [2.45, 2.75) is 129 Å². The molecule has 1 heterocycles. The third kappa shape index (κ3) is 21.8. The predicted molar refractivity (Wildman–Crippen MR) is 174 cm³/mol. The van der Waals surface area contributed by atoms with Gasteiger partial charge in [-0.2, -0.15) is 0 Å². The fourth-order valence-corrected chi connectivity index (χ4v) is 4.75. The molecule has 0 radical (unpaired) electrons. The summed E-state index contributed by atoms with van der Waals surface area (Å²) in [6.07, 6.45) is 22.9. The molecule has 0 saturated heterocycles. The Kier molecular flexibility index (Phi) is 24.6. The minimum absolute atomic E-state index is 0.0280. The number of hydrogen-bond acceptors (Lipinski definition) is 6. The number of methoxy groups -OCH3 is 1. The SMILES string of the molecule is CCCCCCCCCCCCCCCCCCNC(=O)OCC(COC(=O)NCCNC(=O)c1cc[n+](CC)cc1)OC. The normalized spacial score (nSPS) is 11.5. The summed E-state index contributed by atoms with van der Waals surface area (Å²) < 4.78 is 17.5. The van der Waals surface area contributed by atoms with Crippen LogP contribution in [0.4, 0.5) is 9.59 Å². The maximum Gasteiger partial charge on any atom is 0.407 e. The highest BCUT2D eigenvalue weighted by molar-refractivity contribution is 5.93. The first kappa shape index (κ1) is 39.1. The fourth-order valence-electron chi connectivity index (χ4n) is 4.75. The number of nitrogens with zero attached hydrogens (tertiary/aromatic N) is 1. The standard InChI is InChI=1S/C34H60N4O6/c1-4-6-7-8-9-10-11-12-13-14-15-16-17-18-19-20-23-36-33(40)43-28-31(42-3)29-44-34(41)37-25-24-35-32(39)30-21-26-38(5-2)27-22-30/h21-22,26-27,31H,4-20,23-25,28-29H2,1-3H3,(H2-,35,36,37,39,40,41)/p+1. The molecule has 10 heteroatoms. The summed E-state index contributed by atoms with van der Waals surface area (Å²) >= 11 is 0. The summed E-state index contributed by atoms with van der Waals surface area (Å²) in [7, 11) is 1.46. The Morgan fingerprint density at radius 2 is 1.07 bits per heavy atom. The average molecular weight is 622 g/mol. The molecule has 0 saturated carbocycles. The van der Waals surface area contributed by atoms with E-state index in [0.717, 1.165) is 19.4 Å². The van der Waals surface area contributed by atoms with E-state index in [0.29, 0.717) is 12.1 Å². The monoisotopic (exact) mass is 621 g/mol. The molecule has 0 aliphatic rings. The first-order valence-electron chi connectivity index (χ1n) is 17.1. The molecular formula is C34H61N4O6+. The number of alkyl carbamates (subject to hydrolysis) is 2. The number of rotatable bonds is 27. The van der Waals surface area contributed by atoms with Crippen molar-refractivity contribution in [1.29, 1.82) is 0 Å². The Morgan fingerprint density at radius 1 is 0.636 bits per heavy atom. The van der Waals surface area contributed by atoms with Crippen molar-refractivity contribution in [3.8, 4) is 0 Å². The number of hydrogen-bond donors (Lipinski definition) is 3. The van der Waals surface area contributed by atoms with Gasteiger partial charge in [-0.15, -0.1) is 0 Å². The lowest BCUT2D eigenvalue weighted by molar-refractivity contribution is -0.693. The number of amides is 3. The highest BCUT2D eigenvalue weighted by Crippen LogP contribution is 2.13. The van der Waals surface area contributed by atoms with Crippen molar-refractivity contribution in [1.82, 2.24) is 16.0 Å². The largest absolute Gasteiger partial charge is 0.447 e. The molecule has 1 atom stereocenters. The van der Waals surface area contributed by atoms with Gasteiger partial charge in [0.15, 0.2) is 12.4 Å². The average Bonchev–Trinajstić information content (AvgIpc) is 3.04. The second-order valence-electron chi connectivity index (χ2n) is 11.4. The quantitative estimate of drug-likeness (QED) is 0.0767. The Morgan fingerprint density at radius 3 is 1.52 bits per heavy atom. The molecule has 3 amide bonds. The molecule has 0 aliphatic carbocycles. The molecule has 0 aliphatic heterocycles. The van der Waals surface area contributed by atoms with Gasteiger partial charge < -0.3 is 30.2 Å². The smallest absolute Gasteiger partial charge is 0.407 e. The highest BCUT2D eigenvalue weighted by atomic mass is 16.6. The molecule has 10 nitrogen and oxygen atoms in total. The van der Waals surface area contributed by atoms with Gasteiger partial charge in [-0.25, -0.2) is 14.2 Å². The minimum Gasteiger partial charge on any atom is -0.447 e.